The fourth-order valence-corrected chi connectivity index (χ4v) is 3.36. The molecule has 0 aliphatic rings. The lowest BCUT2D eigenvalue weighted by molar-refractivity contribution is 0.743. The van der Waals surface area contributed by atoms with E-state index in [0.29, 0.717) is 0 Å². The molecule has 0 aliphatic carbocycles. The first-order chi connectivity index (χ1) is 6.68. The second-order valence-corrected chi connectivity index (χ2v) is 5.32. The second-order valence-electron chi connectivity index (χ2n) is 3.56. The van der Waals surface area contributed by atoms with Crippen molar-refractivity contribution in [2.75, 3.05) is 0 Å². The fourth-order valence-electron chi connectivity index (χ4n) is 1.60. The molecule has 14 heavy (non-hydrogen) atoms. The summed E-state index contributed by atoms with van der Waals surface area (Å²) in [5.74, 6) is 0. The van der Waals surface area contributed by atoms with Crippen molar-refractivity contribution in [2.24, 2.45) is 5.73 Å². The van der Waals surface area contributed by atoms with Crippen LogP contribution < -0.4 is 5.73 Å². The summed E-state index contributed by atoms with van der Waals surface area (Å²) in [6, 6.07) is 6.52. The first kappa shape index (κ1) is 10.1. The van der Waals surface area contributed by atoms with Crippen LogP contribution in [-0.2, 0) is 6.42 Å². The third kappa shape index (κ3) is 1.85. The van der Waals surface area contributed by atoms with Crippen molar-refractivity contribution in [1.29, 1.82) is 0 Å². The molecule has 0 aliphatic heterocycles. The minimum absolute atomic E-state index is 0.222. The van der Waals surface area contributed by atoms with E-state index >= 15 is 0 Å². The van der Waals surface area contributed by atoms with Gasteiger partial charge in [0.25, 0.3) is 0 Å². The van der Waals surface area contributed by atoms with Crippen LogP contribution in [0.15, 0.2) is 28.1 Å². The molecule has 74 valence electrons. The van der Waals surface area contributed by atoms with E-state index in [4.69, 9.17) is 5.73 Å². The zero-order valence-electron chi connectivity index (χ0n) is 7.96. The van der Waals surface area contributed by atoms with Crippen molar-refractivity contribution in [3.63, 3.8) is 0 Å². The van der Waals surface area contributed by atoms with Gasteiger partial charge >= 0.3 is 0 Å². The summed E-state index contributed by atoms with van der Waals surface area (Å²) < 4.78 is 2.50. The molecule has 2 N–H and O–H groups in total. The van der Waals surface area contributed by atoms with E-state index in [0.717, 1.165) is 6.42 Å². The summed E-state index contributed by atoms with van der Waals surface area (Å²) in [4.78, 5) is 0. The minimum atomic E-state index is 0.222. The summed E-state index contributed by atoms with van der Waals surface area (Å²) in [6.45, 7) is 2.04. The summed E-state index contributed by atoms with van der Waals surface area (Å²) >= 11 is 5.37. The number of nitrogens with two attached hydrogens (primary N) is 1. The van der Waals surface area contributed by atoms with Gasteiger partial charge in [-0.25, -0.2) is 0 Å². The van der Waals surface area contributed by atoms with Gasteiger partial charge in [-0.1, -0.05) is 22.0 Å². The zero-order valence-corrected chi connectivity index (χ0v) is 10.4. The van der Waals surface area contributed by atoms with Crippen LogP contribution in [0.2, 0.25) is 0 Å². The monoisotopic (exact) mass is 269 g/mol. The summed E-state index contributed by atoms with van der Waals surface area (Å²) in [7, 11) is 0. The lowest BCUT2D eigenvalue weighted by Gasteiger charge is -2.04. The number of benzene rings is 1. The number of fused-ring (bicyclic) bond motifs is 1. The SMILES string of the molecule is CC(N)Cc1csc2cccc(Br)c12. The van der Waals surface area contributed by atoms with Gasteiger partial charge in [0.15, 0.2) is 0 Å². The van der Waals surface area contributed by atoms with Gasteiger partial charge in [0.2, 0.25) is 0 Å². The zero-order chi connectivity index (χ0) is 10.1. The molecule has 0 amide bonds. The molecule has 2 rings (SSSR count). The molecule has 0 radical (unpaired) electrons. The largest absolute Gasteiger partial charge is 0.328 e. The third-order valence-corrected chi connectivity index (χ3v) is 3.82. The highest BCUT2D eigenvalue weighted by molar-refractivity contribution is 9.10. The fraction of sp³-hybridized carbons (Fsp3) is 0.273. The molecule has 1 heterocycles. The first-order valence-electron chi connectivity index (χ1n) is 4.58. The Morgan fingerprint density at radius 3 is 3.00 bits per heavy atom. The van der Waals surface area contributed by atoms with E-state index in [1.165, 1.54) is 20.1 Å². The molecule has 1 aromatic carbocycles. The standard InChI is InChI=1S/C11H12BrNS/c1-7(13)5-8-6-14-10-4-2-3-9(12)11(8)10/h2-4,6-7H,5,13H2,1H3. The average molecular weight is 270 g/mol. The van der Waals surface area contributed by atoms with Gasteiger partial charge in [-0.3, -0.25) is 0 Å². The molecule has 0 bridgehead atoms. The normalized spacial score (nSPS) is 13.4. The van der Waals surface area contributed by atoms with Crippen LogP contribution in [0.1, 0.15) is 12.5 Å². The molecular weight excluding hydrogens is 258 g/mol. The van der Waals surface area contributed by atoms with E-state index in [-0.39, 0.29) is 6.04 Å². The topological polar surface area (TPSA) is 26.0 Å². The minimum Gasteiger partial charge on any atom is -0.328 e. The van der Waals surface area contributed by atoms with E-state index in [1.54, 1.807) is 11.3 Å². The molecule has 0 saturated carbocycles. The van der Waals surface area contributed by atoms with Crippen LogP contribution in [0.3, 0.4) is 0 Å². The Kier molecular flexibility index (Phi) is 2.91. The molecule has 1 aromatic heterocycles. The maximum Gasteiger partial charge on any atom is 0.0356 e. The van der Waals surface area contributed by atoms with Crippen LogP contribution in [-0.4, -0.2) is 6.04 Å². The summed E-state index contributed by atoms with van der Waals surface area (Å²) in [6.07, 6.45) is 0.947. The molecule has 3 heteroatoms. The van der Waals surface area contributed by atoms with Crippen molar-refractivity contribution in [1.82, 2.24) is 0 Å². The van der Waals surface area contributed by atoms with E-state index in [2.05, 4.69) is 39.5 Å². The van der Waals surface area contributed by atoms with Crippen LogP contribution in [0.5, 0.6) is 0 Å². The lowest BCUT2D eigenvalue weighted by atomic mass is 10.1. The number of hydrogen-bond acceptors (Lipinski definition) is 2. The van der Waals surface area contributed by atoms with Crippen LogP contribution in [0.25, 0.3) is 10.1 Å². The maximum atomic E-state index is 5.81. The van der Waals surface area contributed by atoms with Crippen molar-refractivity contribution in [3.8, 4) is 0 Å². The van der Waals surface area contributed by atoms with Gasteiger partial charge in [-0.05, 0) is 36.4 Å². The number of hydrogen-bond donors (Lipinski definition) is 1. The Morgan fingerprint density at radius 2 is 2.29 bits per heavy atom. The van der Waals surface area contributed by atoms with Crippen LogP contribution >= 0.6 is 27.3 Å². The average Bonchev–Trinajstić information content (AvgIpc) is 2.49. The lowest BCUT2D eigenvalue weighted by Crippen LogP contribution is -2.17. The van der Waals surface area contributed by atoms with Crippen molar-refractivity contribution >= 4 is 37.4 Å². The molecule has 1 unspecified atom stereocenters. The molecule has 0 spiro atoms. The van der Waals surface area contributed by atoms with Crippen LogP contribution in [0, 0.1) is 0 Å². The molecule has 1 atom stereocenters. The van der Waals surface area contributed by atoms with E-state index in [1.807, 2.05) is 6.92 Å². The van der Waals surface area contributed by atoms with Gasteiger partial charge in [-0.15, -0.1) is 11.3 Å². The van der Waals surface area contributed by atoms with Crippen molar-refractivity contribution in [2.45, 2.75) is 19.4 Å². The highest BCUT2D eigenvalue weighted by atomic mass is 79.9. The second kappa shape index (κ2) is 4.01. The van der Waals surface area contributed by atoms with Crippen molar-refractivity contribution in [3.05, 3.63) is 33.6 Å². The number of rotatable bonds is 2. The van der Waals surface area contributed by atoms with Crippen molar-refractivity contribution < 1.29 is 0 Å². The number of halogens is 1. The Balaban J connectivity index is 2.55. The smallest absolute Gasteiger partial charge is 0.0356 e. The third-order valence-electron chi connectivity index (χ3n) is 2.17. The molecule has 0 saturated heterocycles. The predicted molar refractivity (Wildman–Crippen MR) is 66.9 cm³/mol. The molecule has 0 fully saturated rings. The quantitative estimate of drug-likeness (QED) is 0.887. The molecule has 2 aromatic rings. The van der Waals surface area contributed by atoms with Gasteiger partial charge < -0.3 is 5.73 Å². The maximum absolute atomic E-state index is 5.81. The number of thiophene rings is 1. The van der Waals surface area contributed by atoms with Crippen LogP contribution in [0.4, 0.5) is 0 Å². The summed E-state index contributed by atoms with van der Waals surface area (Å²) in [5, 5.41) is 3.54. The Labute approximate surface area is 96.1 Å². The van der Waals surface area contributed by atoms with E-state index in [9.17, 15) is 0 Å². The Morgan fingerprint density at radius 1 is 1.50 bits per heavy atom. The highest BCUT2D eigenvalue weighted by Crippen LogP contribution is 2.32. The van der Waals surface area contributed by atoms with Gasteiger partial charge in [-0.2, -0.15) is 0 Å². The Bertz CT molecular complexity index is 447. The highest BCUT2D eigenvalue weighted by Gasteiger charge is 2.08. The molecular formula is C11H12BrNS. The molecule has 1 nitrogen and oxygen atoms in total. The van der Waals surface area contributed by atoms with Gasteiger partial charge in [0, 0.05) is 20.6 Å². The summed E-state index contributed by atoms with van der Waals surface area (Å²) in [5.41, 5.74) is 7.17. The van der Waals surface area contributed by atoms with Gasteiger partial charge in [0.05, 0.1) is 0 Å². The van der Waals surface area contributed by atoms with E-state index < -0.39 is 0 Å². The first-order valence-corrected chi connectivity index (χ1v) is 6.26. The Hall–Kier alpha value is -0.380. The predicted octanol–water partition coefficient (Wildman–Crippen LogP) is 3.55. The van der Waals surface area contributed by atoms with Gasteiger partial charge in [0.1, 0.15) is 0 Å².